The number of nitro groups is 1. The maximum Gasteiger partial charge on any atom is 0.293 e. The second-order valence-electron chi connectivity index (χ2n) is 4.46. The van der Waals surface area contributed by atoms with E-state index in [9.17, 15) is 14.5 Å². The van der Waals surface area contributed by atoms with E-state index in [0.29, 0.717) is 23.5 Å². The summed E-state index contributed by atoms with van der Waals surface area (Å²) in [7, 11) is 0. The average Bonchev–Trinajstić information content (AvgIpc) is 2.50. The summed E-state index contributed by atoms with van der Waals surface area (Å²) in [5.74, 6) is -0.361. The van der Waals surface area contributed by atoms with Gasteiger partial charge in [0.05, 0.1) is 11.5 Å². The number of aliphatic hydroxyl groups excluding tert-OH is 1. The van der Waals surface area contributed by atoms with Crippen molar-refractivity contribution < 1.29 is 14.4 Å². The van der Waals surface area contributed by atoms with Gasteiger partial charge in [-0.15, -0.1) is 0 Å². The second-order valence-corrected chi connectivity index (χ2v) is 4.46. The molecule has 0 spiro atoms. The van der Waals surface area contributed by atoms with E-state index >= 15 is 0 Å². The Balaban J connectivity index is 2.51. The summed E-state index contributed by atoms with van der Waals surface area (Å²) in [6.07, 6.45) is 0. The number of hydrogen-bond donors (Lipinski definition) is 1. The molecule has 6 heteroatoms. The molecule has 0 fully saturated rings. The molecule has 0 radical (unpaired) electrons. The number of hydrogen-bond acceptors (Lipinski definition) is 4. The number of nitro benzene ring substituents is 1. The Kier molecular flexibility index (Phi) is 4.49. The Morgan fingerprint density at radius 3 is 2.43 bits per heavy atom. The fourth-order valence-electron chi connectivity index (χ4n) is 2.15. The molecule has 2 aromatic carbocycles. The minimum atomic E-state index is -0.485. The molecular weight excluding hydrogens is 275 g/mol. The molecule has 110 valence electrons. The Morgan fingerprint density at radius 1 is 1.24 bits per heavy atom. The van der Waals surface area contributed by atoms with Crippen LogP contribution < -0.4 is 4.90 Å². The van der Waals surface area contributed by atoms with Crippen molar-refractivity contribution in [1.29, 1.82) is 0 Å². The Labute approximate surface area is 121 Å². The molecule has 0 atom stereocenters. The summed E-state index contributed by atoms with van der Waals surface area (Å²) < 4.78 is 13.0. The molecule has 0 saturated carbocycles. The lowest BCUT2D eigenvalue weighted by Crippen LogP contribution is -2.17. The largest absolute Gasteiger partial charge is 0.392 e. The molecule has 0 aromatic heterocycles. The Morgan fingerprint density at radius 2 is 1.90 bits per heavy atom. The Bertz CT molecular complexity index is 644. The molecule has 1 N–H and O–H groups in total. The third-order valence-corrected chi connectivity index (χ3v) is 3.16. The van der Waals surface area contributed by atoms with Crippen molar-refractivity contribution in [3.05, 3.63) is 64.0 Å². The van der Waals surface area contributed by atoms with Crippen LogP contribution in [0.4, 0.5) is 21.5 Å². The van der Waals surface area contributed by atoms with Gasteiger partial charge in [0.2, 0.25) is 0 Å². The van der Waals surface area contributed by atoms with E-state index in [1.807, 2.05) is 6.92 Å². The molecule has 0 amide bonds. The molecule has 0 aliphatic carbocycles. The van der Waals surface area contributed by atoms with Crippen LogP contribution in [0, 0.1) is 15.9 Å². The summed E-state index contributed by atoms with van der Waals surface area (Å²) in [5, 5.41) is 20.3. The highest BCUT2D eigenvalue weighted by Crippen LogP contribution is 2.34. The van der Waals surface area contributed by atoms with Gasteiger partial charge in [0.1, 0.15) is 11.5 Å². The minimum absolute atomic E-state index is 0.0901. The normalized spacial score (nSPS) is 10.4. The molecule has 0 saturated heterocycles. The summed E-state index contributed by atoms with van der Waals surface area (Å²) in [6, 6.07) is 10.3. The van der Waals surface area contributed by atoms with Crippen LogP contribution in [0.3, 0.4) is 0 Å². The number of rotatable bonds is 5. The lowest BCUT2D eigenvalue weighted by molar-refractivity contribution is -0.384. The number of anilines is 2. The van der Waals surface area contributed by atoms with Gasteiger partial charge in [-0.3, -0.25) is 10.1 Å². The molecule has 0 bridgehead atoms. The predicted molar refractivity (Wildman–Crippen MR) is 78.1 cm³/mol. The molecule has 2 aromatic rings. The van der Waals surface area contributed by atoms with Crippen LogP contribution in [-0.2, 0) is 6.61 Å². The predicted octanol–water partition coefficient (Wildman–Crippen LogP) is 3.38. The molecule has 0 heterocycles. The van der Waals surface area contributed by atoms with E-state index in [2.05, 4.69) is 0 Å². The van der Waals surface area contributed by atoms with Gasteiger partial charge in [-0.2, -0.15) is 0 Å². The van der Waals surface area contributed by atoms with Crippen LogP contribution in [0.2, 0.25) is 0 Å². The first-order chi connectivity index (χ1) is 10.1. The quantitative estimate of drug-likeness (QED) is 0.677. The van der Waals surface area contributed by atoms with Gasteiger partial charge in [-0.1, -0.05) is 6.07 Å². The van der Waals surface area contributed by atoms with Gasteiger partial charge in [-0.05, 0) is 42.8 Å². The fraction of sp³-hybridized carbons (Fsp3) is 0.200. The first-order valence-corrected chi connectivity index (χ1v) is 6.48. The highest BCUT2D eigenvalue weighted by Gasteiger charge is 2.20. The summed E-state index contributed by atoms with van der Waals surface area (Å²) >= 11 is 0. The SMILES string of the molecule is CCN(c1ccc(F)cc1)c1ccc(CO)cc1[N+](=O)[O-]. The van der Waals surface area contributed by atoms with Crippen molar-refractivity contribution in [2.45, 2.75) is 13.5 Å². The molecular formula is C15H15FN2O3. The van der Waals surface area contributed by atoms with Crippen LogP contribution in [-0.4, -0.2) is 16.6 Å². The molecule has 0 aliphatic rings. The highest BCUT2D eigenvalue weighted by molar-refractivity contribution is 5.72. The number of benzene rings is 2. The smallest absolute Gasteiger partial charge is 0.293 e. The molecule has 5 nitrogen and oxygen atoms in total. The van der Waals surface area contributed by atoms with Gasteiger partial charge in [0, 0.05) is 18.3 Å². The maximum absolute atomic E-state index is 13.0. The topological polar surface area (TPSA) is 66.6 Å². The van der Waals surface area contributed by atoms with Crippen LogP contribution in [0.15, 0.2) is 42.5 Å². The van der Waals surface area contributed by atoms with Crippen LogP contribution in [0.5, 0.6) is 0 Å². The van der Waals surface area contributed by atoms with E-state index in [-0.39, 0.29) is 18.1 Å². The summed E-state index contributed by atoms with van der Waals surface area (Å²) in [5.41, 5.74) is 1.46. The number of aliphatic hydroxyl groups is 1. The Hall–Kier alpha value is -2.47. The zero-order valence-electron chi connectivity index (χ0n) is 11.5. The van der Waals surface area contributed by atoms with Crippen LogP contribution in [0.25, 0.3) is 0 Å². The van der Waals surface area contributed by atoms with Gasteiger partial charge < -0.3 is 10.0 Å². The lowest BCUT2D eigenvalue weighted by Gasteiger charge is -2.23. The van der Waals surface area contributed by atoms with Crippen molar-refractivity contribution in [3.63, 3.8) is 0 Å². The van der Waals surface area contributed by atoms with Crippen molar-refractivity contribution in [2.24, 2.45) is 0 Å². The highest BCUT2D eigenvalue weighted by atomic mass is 19.1. The van der Waals surface area contributed by atoms with Crippen molar-refractivity contribution in [2.75, 3.05) is 11.4 Å². The van der Waals surface area contributed by atoms with E-state index in [1.165, 1.54) is 18.2 Å². The van der Waals surface area contributed by atoms with Crippen molar-refractivity contribution >= 4 is 17.1 Å². The third-order valence-electron chi connectivity index (χ3n) is 3.16. The standard InChI is InChI=1S/C15H15FN2O3/c1-2-17(13-6-4-12(16)5-7-13)14-8-3-11(10-19)9-15(14)18(20)21/h3-9,19H,2,10H2,1H3. The van der Waals surface area contributed by atoms with Crippen molar-refractivity contribution in [1.82, 2.24) is 0 Å². The first-order valence-electron chi connectivity index (χ1n) is 6.48. The molecule has 21 heavy (non-hydrogen) atoms. The molecule has 0 aliphatic heterocycles. The van der Waals surface area contributed by atoms with Crippen LogP contribution in [0.1, 0.15) is 12.5 Å². The van der Waals surface area contributed by atoms with Gasteiger partial charge in [0.25, 0.3) is 5.69 Å². The summed E-state index contributed by atoms with van der Waals surface area (Å²) in [6.45, 7) is 2.09. The van der Waals surface area contributed by atoms with Crippen molar-refractivity contribution in [3.8, 4) is 0 Å². The van der Waals surface area contributed by atoms with E-state index in [1.54, 1.807) is 29.2 Å². The fourth-order valence-corrected chi connectivity index (χ4v) is 2.15. The van der Waals surface area contributed by atoms with Gasteiger partial charge >= 0.3 is 0 Å². The van der Waals surface area contributed by atoms with Gasteiger partial charge in [-0.25, -0.2) is 4.39 Å². The molecule has 0 unspecified atom stereocenters. The number of halogens is 1. The van der Waals surface area contributed by atoms with Gasteiger partial charge in [0.15, 0.2) is 0 Å². The molecule has 2 rings (SSSR count). The zero-order chi connectivity index (χ0) is 15.4. The summed E-state index contributed by atoms with van der Waals surface area (Å²) in [4.78, 5) is 12.5. The first kappa shape index (κ1) is 14.9. The maximum atomic E-state index is 13.0. The minimum Gasteiger partial charge on any atom is -0.392 e. The van der Waals surface area contributed by atoms with Crippen LogP contribution >= 0.6 is 0 Å². The second kappa shape index (κ2) is 6.32. The van der Waals surface area contributed by atoms with E-state index in [0.717, 1.165) is 0 Å². The average molecular weight is 290 g/mol. The number of nitrogens with zero attached hydrogens (tertiary/aromatic N) is 2. The monoisotopic (exact) mass is 290 g/mol. The zero-order valence-corrected chi connectivity index (χ0v) is 11.5. The van der Waals surface area contributed by atoms with E-state index in [4.69, 9.17) is 5.11 Å². The van der Waals surface area contributed by atoms with E-state index < -0.39 is 4.92 Å². The lowest BCUT2D eigenvalue weighted by atomic mass is 10.1. The third kappa shape index (κ3) is 3.17.